The van der Waals surface area contributed by atoms with Gasteiger partial charge in [-0.1, -0.05) is 0 Å². The SMILES string of the molecule is [2H]C([2H])([2H])Nc1ncc(I)c2cc(Cl)oc12. The number of pyridine rings is 1. The highest BCUT2D eigenvalue weighted by atomic mass is 127. The molecule has 2 heterocycles. The van der Waals surface area contributed by atoms with Crippen molar-refractivity contribution in [1.82, 2.24) is 4.98 Å². The topological polar surface area (TPSA) is 38.1 Å². The van der Waals surface area contributed by atoms with Crippen molar-refractivity contribution >= 4 is 51.0 Å². The molecule has 0 bridgehead atoms. The monoisotopic (exact) mass is 311 g/mol. The van der Waals surface area contributed by atoms with Gasteiger partial charge in [-0.15, -0.1) is 0 Å². The normalized spacial score (nSPS) is 15.1. The van der Waals surface area contributed by atoms with E-state index in [1.54, 1.807) is 12.3 Å². The van der Waals surface area contributed by atoms with E-state index < -0.39 is 6.98 Å². The molecule has 2 aromatic rings. The van der Waals surface area contributed by atoms with Crippen molar-refractivity contribution < 1.29 is 8.53 Å². The summed E-state index contributed by atoms with van der Waals surface area (Å²) in [6.45, 7) is -2.31. The largest absolute Gasteiger partial charge is 0.441 e. The summed E-state index contributed by atoms with van der Waals surface area (Å²) in [5.74, 6) is 0.169. The zero-order chi connectivity index (χ0) is 11.9. The lowest BCUT2D eigenvalue weighted by molar-refractivity contribution is 0.617. The van der Waals surface area contributed by atoms with Crippen molar-refractivity contribution in [1.29, 1.82) is 0 Å². The van der Waals surface area contributed by atoms with Crippen molar-refractivity contribution in [3.8, 4) is 0 Å². The van der Waals surface area contributed by atoms with Gasteiger partial charge in [0.1, 0.15) is 0 Å². The van der Waals surface area contributed by atoms with Crippen molar-refractivity contribution in [3.05, 3.63) is 21.1 Å². The molecule has 0 fully saturated rings. The fourth-order valence-electron chi connectivity index (χ4n) is 1.05. The van der Waals surface area contributed by atoms with Crippen LogP contribution in [-0.2, 0) is 0 Å². The number of furan rings is 1. The van der Waals surface area contributed by atoms with E-state index in [0.717, 1.165) is 8.96 Å². The number of nitrogens with zero attached hydrogens (tertiary/aromatic N) is 1. The molecule has 0 spiro atoms. The van der Waals surface area contributed by atoms with E-state index in [0.29, 0.717) is 5.58 Å². The Morgan fingerprint density at radius 1 is 1.77 bits per heavy atom. The van der Waals surface area contributed by atoms with Crippen LogP contribution in [0, 0.1) is 3.57 Å². The minimum Gasteiger partial charge on any atom is -0.441 e. The summed E-state index contributed by atoms with van der Waals surface area (Å²) in [5.41, 5.74) is 0.355. The van der Waals surface area contributed by atoms with E-state index in [1.165, 1.54) is 0 Å². The molecule has 0 radical (unpaired) electrons. The molecule has 0 amide bonds. The van der Waals surface area contributed by atoms with Gasteiger partial charge in [0.15, 0.2) is 16.6 Å². The Balaban J connectivity index is 2.58. The number of nitrogens with one attached hydrogen (secondary N) is 1. The average Bonchev–Trinajstić information content (AvgIpc) is 2.51. The molecule has 3 nitrogen and oxygen atoms in total. The van der Waals surface area contributed by atoms with Gasteiger partial charge in [-0.05, 0) is 34.2 Å². The van der Waals surface area contributed by atoms with Crippen LogP contribution >= 0.6 is 34.2 Å². The molecule has 0 unspecified atom stereocenters. The first-order valence-corrected chi connectivity index (χ1v) is 4.84. The fraction of sp³-hybridized carbons (Fsp3) is 0.125. The van der Waals surface area contributed by atoms with Crippen molar-refractivity contribution in [2.75, 3.05) is 12.3 Å². The predicted octanol–water partition coefficient (Wildman–Crippen LogP) is 3.13. The fourth-order valence-corrected chi connectivity index (χ4v) is 1.78. The highest BCUT2D eigenvalue weighted by Gasteiger charge is 2.10. The summed E-state index contributed by atoms with van der Waals surface area (Å²) in [4.78, 5) is 3.97. The second kappa shape index (κ2) is 3.34. The highest BCUT2D eigenvalue weighted by molar-refractivity contribution is 14.1. The Kier molecular flexibility index (Phi) is 1.56. The van der Waals surface area contributed by atoms with Gasteiger partial charge in [-0.25, -0.2) is 4.98 Å². The van der Waals surface area contributed by atoms with Gasteiger partial charge in [0, 0.05) is 32.3 Å². The Morgan fingerprint density at radius 2 is 2.62 bits per heavy atom. The maximum absolute atomic E-state index is 7.11. The first-order chi connectivity index (χ1) is 7.37. The second-order valence-electron chi connectivity index (χ2n) is 2.37. The van der Waals surface area contributed by atoms with Crippen LogP contribution < -0.4 is 5.32 Å². The van der Waals surface area contributed by atoms with E-state index in [-0.39, 0.29) is 11.0 Å². The summed E-state index contributed by atoms with van der Waals surface area (Å²) in [7, 11) is 0. The third kappa shape index (κ3) is 1.48. The summed E-state index contributed by atoms with van der Waals surface area (Å²) < 4.78 is 27.4. The lowest BCUT2D eigenvalue weighted by atomic mass is 10.3. The summed E-state index contributed by atoms with van der Waals surface area (Å²) in [5, 5.41) is 3.24. The molecule has 68 valence electrons. The smallest absolute Gasteiger partial charge is 0.194 e. The molecule has 1 N–H and O–H groups in total. The number of aromatic nitrogens is 1. The third-order valence-corrected chi connectivity index (χ3v) is 2.65. The Labute approximate surface area is 97.8 Å². The molecule has 0 aliphatic heterocycles. The molecule has 2 rings (SSSR count). The zero-order valence-electron chi connectivity index (χ0n) is 9.27. The van der Waals surface area contributed by atoms with Crippen molar-refractivity contribution in [2.45, 2.75) is 0 Å². The van der Waals surface area contributed by atoms with E-state index in [9.17, 15) is 0 Å². The van der Waals surface area contributed by atoms with Crippen LogP contribution in [0.3, 0.4) is 0 Å². The molecule has 0 atom stereocenters. The number of anilines is 1. The Bertz CT molecular complexity index is 540. The number of halogens is 2. The Morgan fingerprint density at radius 3 is 3.38 bits per heavy atom. The average molecular weight is 312 g/mol. The molecule has 0 aliphatic carbocycles. The van der Waals surface area contributed by atoms with E-state index in [2.05, 4.69) is 32.9 Å². The number of rotatable bonds is 1. The summed E-state index contributed by atoms with van der Waals surface area (Å²) >= 11 is 7.81. The van der Waals surface area contributed by atoms with Gasteiger partial charge in [0.25, 0.3) is 0 Å². The molecule has 5 heteroatoms. The van der Waals surface area contributed by atoms with Crippen LogP contribution in [0.15, 0.2) is 16.7 Å². The molecule has 2 aromatic heterocycles. The molecular formula is C8H6ClIN2O. The summed E-state index contributed by atoms with van der Waals surface area (Å²) in [6, 6.07) is 1.63. The van der Waals surface area contributed by atoms with Crippen molar-refractivity contribution in [2.24, 2.45) is 0 Å². The van der Waals surface area contributed by atoms with Gasteiger partial charge >= 0.3 is 0 Å². The molecular weight excluding hydrogens is 302 g/mol. The number of hydrogen-bond donors (Lipinski definition) is 1. The molecule has 0 aromatic carbocycles. The number of fused-ring (bicyclic) bond motifs is 1. The first kappa shape index (κ1) is 6.08. The van der Waals surface area contributed by atoms with Crippen LogP contribution in [0.2, 0.25) is 5.22 Å². The second-order valence-corrected chi connectivity index (χ2v) is 3.91. The molecule has 0 saturated carbocycles. The van der Waals surface area contributed by atoms with Crippen LogP contribution in [0.25, 0.3) is 11.0 Å². The standard InChI is InChI=1S/C8H6ClIN2O/c1-11-8-7-4(2-6(9)13-7)5(10)3-12-8/h2-3H,1H3,(H,11,12)/i1D3. The van der Waals surface area contributed by atoms with Crippen LogP contribution in [-0.4, -0.2) is 12.0 Å². The lowest BCUT2D eigenvalue weighted by Gasteiger charge is -1.99. The highest BCUT2D eigenvalue weighted by Crippen LogP contribution is 2.30. The van der Waals surface area contributed by atoms with E-state index in [1.807, 2.05) is 0 Å². The van der Waals surface area contributed by atoms with Gasteiger partial charge in [-0.2, -0.15) is 0 Å². The summed E-state index contributed by atoms with van der Waals surface area (Å²) in [6.07, 6.45) is 1.56. The van der Waals surface area contributed by atoms with E-state index in [4.69, 9.17) is 20.1 Å². The van der Waals surface area contributed by atoms with E-state index >= 15 is 0 Å². The minimum absolute atomic E-state index is 0.169. The van der Waals surface area contributed by atoms with Crippen molar-refractivity contribution in [3.63, 3.8) is 0 Å². The van der Waals surface area contributed by atoms with Crippen LogP contribution in [0.4, 0.5) is 5.82 Å². The third-order valence-electron chi connectivity index (χ3n) is 1.60. The minimum atomic E-state index is -2.31. The quantitative estimate of drug-likeness (QED) is 0.822. The van der Waals surface area contributed by atoms with Crippen LogP contribution in [0.1, 0.15) is 4.11 Å². The maximum Gasteiger partial charge on any atom is 0.194 e. The molecule has 0 saturated heterocycles. The predicted molar refractivity (Wildman–Crippen MR) is 61.3 cm³/mol. The lowest BCUT2D eigenvalue weighted by Crippen LogP contribution is -1.92. The van der Waals surface area contributed by atoms with Gasteiger partial charge in [-0.3, -0.25) is 0 Å². The molecule has 13 heavy (non-hydrogen) atoms. The number of hydrogen-bond acceptors (Lipinski definition) is 3. The van der Waals surface area contributed by atoms with Crippen LogP contribution in [0.5, 0.6) is 0 Å². The maximum atomic E-state index is 7.11. The van der Waals surface area contributed by atoms with Gasteiger partial charge in [0.2, 0.25) is 0 Å². The Hall–Kier alpha value is -0.490. The van der Waals surface area contributed by atoms with Gasteiger partial charge in [0.05, 0.1) is 0 Å². The van der Waals surface area contributed by atoms with Gasteiger partial charge < -0.3 is 9.73 Å². The molecule has 0 aliphatic rings. The zero-order valence-corrected chi connectivity index (χ0v) is 9.18. The first-order valence-electron chi connectivity index (χ1n) is 4.88.